The number of benzene rings is 1. The second-order valence-electron chi connectivity index (χ2n) is 3.31. The number of hydrogen-bond acceptors (Lipinski definition) is 3. The predicted octanol–water partition coefficient (Wildman–Crippen LogP) is 3.47. The molecule has 0 spiro atoms. The fourth-order valence-electron chi connectivity index (χ4n) is 1.37. The van der Waals surface area contributed by atoms with E-state index in [1.807, 2.05) is 16.8 Å². The van der Waals surface area contributed by atoms with Crippen molar-refractivity contribution in [3.05, 3.63) is 51.2 Å². The molecule has 1 heterocycles. The SMILES string of the molecule is OCc1cccc(Cl)c1OCc1ccsc1. The van der Waals surface area contributed by atoms with Crippen LogP contribution in [0.5, 0.6) is 5.75 Å². The molecule has 0 bridgehead atoms. The third kappa shape index (κ3) is 2.55. The third-order valence-corrected chi connectivity index (χ3v) is 3.21. The summed E-state index contributed by atoms with van der Waals surface area (Å²) in [7, 11) is 0. The Labute approximate surface area is 103 Å². The molecule has 0 aliphatic carbocycles. The van der Waals surface area contributed by atoms with Gasteiger partial charge in [-0.3, -0.25) is 0 Å². The van der Waals surface area contributed by atoms with E-state index in [0.29, 0.717) is 22.9 Å². The van der Waals surface area contributed by atoms with Gasteiger partial charge in [-0.15, -0.1) is 0 Å². The minimum atomic E-state index is -0.0699. The van der Waals surface area contributed by atoms with E-state index in [9.17, 15) is 0 Å². The van der Waals surface area contributed by atoms with Crippen molar-refractivity contribution in [3.63, 3.8) is 0 Å². The lowest BCUT2D eigenvalue weighted by atomic mass is 10.2. The summed E-state index contributed by atoms with van der Waals surface area (Å²) in [5, 5.41) is 13.7. The fourth-order valence-corrected chi connectivity index (χ4v) is 2.27. The van der Waals surface area contributed by atoms with Crippen LogP contribution in [0.2, 0.25) is 5.02 Å². The first-order valence-corrected chi connectivity index (χ1v) is 6.15. The fraction of sp³-hybridized carbons (Fsp3) is 0.167. The van der Waals surface area contributed by atoms with E-state index < -0.39 is 0 Å². The van der Waals surface area contributed by atoms with Crippen molar-refractivity contribution in [2.75, 3.05) is 0 Å². The second kappa shape index (κ2) is 5.34. The molecule has 0 aliphatic rings. The number of halogens is 1. The average molecular weight is 255 g/mol. The van der Waals surface area contributed by atoms with Crippen molar-refractivity contribution in [3.8, 4) is 5.75 Å². The number of aliphatic hydroxyl groups is 1. The van der Waals surface area contributed by atoms with E-state index >= 15 is 0 Å². The van der Waals surface area contributed by atoms with Gasteiger partial charge in [-0.2, -0.15) is 11.3 Å². The Morgan fingerprint density at radius 1 is 1.31 bits per heavy atom. The van der Waals surface area contributed by atoms with Crippen molar-refractivity contribution in [2.24, 2.45) is 0 Å². The molecule has 0 saturated carbocycles. The summed E-state index contributed by atoms with van der Waals surface area (Å²) in [4.78, 5) is 0. The Bertz CT molecular complexity index is 454. The van der Waals surface area contributed by atoms with E-state index in [4.69, 9.17) is 21.4 Å². The Hall–Kier alpha value is -1.03. The van der Waals surface area contributed by atoms with Crippen molar-refractivity contribution in [2.45, 2.75) is 13.2 Å². The molecule has 0 unspecified atom stereocenters. The number of ether oxygens (including phenoxy) is 1. The molecule has 16 heavy (non-hydrogen) atoms. The number of aliphatic hydroxyl groups excluding tert-OH is 1. The molecule has 0 aliphatic heterocycles. The van der Waals surface area contributed by atoms with Gasteiger partial charge in [-0.25, -0.2) is 0 Å². The molecular weight excluding hydrogens is 244 g/mol. The minimum absolute atomic E-state index is 0.0699. The Morgan fingerprint density at radius 2 is 2.19 bits per heavy atom. The van der Waals surface area contributed by atoms with E-state index in [2.05, 4.69) is 0 Å². The molecule has 2 aromatic rings. The molecule has 84 valence electrons. The van der Waals surface area contributed by atoms with Gasteiger partial charge in [-0.05, 0) is 28.5 Å². The number of rotatable bonds is 4. The maximum atomic E-state index is 9.16. The normalized spacial score (nSPS) is 10.4. The average Bonchev–Trinajstić information content (AvgIpc) is 2.80. The standard InChI is InChI=1S/C12H11ClO2S/c13-11-3-1-2-10(6-14)12(11)15-7-9-4-5-16-8-9/h1-5,8,14H,6-7H2. The molecule has 1 N–H and O–H groups in total. The highest BCUT2D eigenvalue weighted by atomic mass is 35.5. The summed E-state index contributed by atoms with van der Waals surface area (Å²) in [6.45, 7) is 0.403. The number of thiophene rings is 1. The first kappa shape index (κ1) is 11.5. The van der Waals surface area contributed by atoms with Crippen LogP contribution in [0.15, 0.2) is 35.0 Å². The first-order chi connectivity index (χ1) is 7.81. The summed E-state index contributed by atoms with van der Waals surface area (Å²) in [6, 6.07) is 7.35. The summed E-state index contributed by atoms with van der Waals surface area (Å²) in [5.74, 6) is 0.567. The lowest BCUT2D eigenvalue weighted by Crippen LogP contribution is -1.98. The Kier molecular flexibility index (Phi) is 3.83. The van der Waals surface area contributed by atoms with Gasteiger partial charge in [-0.1, -0.05) is 23.7 Å². The van der Waals surface area contributed by atoms with Crippen LogP contribution >= 0.6 is 22.9 Å². The van der Waals surface area contributed by atoms with Crippen LogP contribution in [0, 0.1) is 0 Å². The Balaban J connectivity index is 2.14. The van der Waals surface area contributed by atoms with Crippen LogP contribution in [0.3, 0.4) is 0 Å². The van der Waals surface area contributed by atoms with Crippen LogP contribution in [0.1, 0.15) is 11.1 Å². The number of hydrogen-bond donors (Lipinski definition) is 1. The van der Waals surface area contributed by atoms with E-state index in [-0.39, 0.29) is 6.61 Å². The van der Waals surface area contributed by atoms with Crippen molar-refractivity contribution in [1.82, 2.24) is 0 Å². The van der Waals surface area contributed by atoms with Gasteiger partial charge in [0.1, 0.15) is 12.4 Å². The smallest absolute Gasteiger partial charge is 0.143 e. The highest BCUT2D eigenvalue weighted by Gasteiger charge is 2.07. The molecule has 4 heteroatoms. The zero-order valence-corrected chi connectivity index (χ0v) is 10.1. The summed E-state index contributed by atoms with van der Waals surface area (Å²) in [5.41, 5.74) is 1.82. The van der Waals surface area contributed by atoms with E-state index in [1.54, 1.807) is 29.5 Å². The summed E-state index contributed by atoms with van der Waals surface area (Å²) >= 11 is 7.64. The molecule has 0 radical (unpaired) electrons. The summed E-state index contributed by atoms with van der Waals surface area (Å²) in [6.07, 6.45) is 0. The van der Waals surface area contributed by atoms with Gasteiger partial charge < -0.3 is 9.84 Å². The van der Waals surface area contributed by atoms with Crippen molar-refractivity contribution >= 4 is 22.9 Å². The van der Waals surface area contributed by atoms with E-state index in [0.717, 1.165) is 5.56 Å². The largest absolute Gasteiger partial charge is 0.487 e. The quantitative estimate of drug-likeness (QED) is 0.905. The zero-order chi connectivity index (χ0) is 11.4. The minimum Gasteiger partial charge on any atom is -0.487 e. The highest BCUT2D eigenvalue weighted by molar-refractivity contribution is 7.07. The maximum absolute atomic E-state index is 9.16. The monoisotopic (exact) mass is 254 g/mol. The molecular formula is C12H11ClO2S. The van der Waals surface area contributed by atoms with Crippen LogP contribution in [-0.2, 0) is 13.2 Å². The highest BCUT2D eigenvalue weighted by Crippen LogP contribution is 2.29. The molecule has 0 atom stereocenters. The number of para-hydroxylation sites is 1. The van der Waals surface area contributed by atoms with Gasteiger partial charge in [0.25, 0.3) is 0 Å². The molecule has 1 aromatic heterocycles. The molecule has 0 amide bonds. The summed E-state index contributed by atoms with van der Waals surface area (Å²) < 4.78 is 5.62. The second-order valence-corrected chi connectivity index (χ2v) is 4.49. The zero-order valence-electron chi connectivity index (χ0n) is 8.52. The van der Waals surface area contributed by atoms with Gasteiger partial charge in [0.2, 0.25) is 0 Å². The molecule has 2 rings (SSSR count). The van der Waals surface area contributed by atoms with Crippen LogP contribution in [0.4, 0.5) is 0 Å². The lowest BCUT2D eigenvalue weighted by molar-refractivity contribution is 0.259. The molecule has 0 saturated heterocycles. The van der Waals surface area contributed by atoms with Crippen molar-refractivity contribution < 1.29 is 9.84 Å². The van der Waals surface area contributed by atoms with Gasteiger partial charge >= 0.3 is 0 Å². The molecule has 2 nitrogen and oxygen atoms in total. The maximum Gasteiger partial charge on any atom is 0.143 e. The molecule has 0 fully saturated rings. The van der Waals surface area contributed by atoms with Crippen LogP contribution in [-0.4, -0.2) is 5.11 Å². The van der Waals surface area contributed by atoms with Gasteiger partial charge in [0.15, 0.2) is 0 Å². The lowest BCUT2D eigenvalue weighted by Gasteiger charge is -2.10. The topological polar surface area (TPSA) is 29.5 Å². The molecule has 1 aromatic carbocycles. The van der Waals surface area contributed by atoms with E-state index in [1.165, 1.54) is 0 Å². The van der Waals surface area contributed by atoms with Gasteiger partial charge in [0.05, 0.1) is 11.6 Å². The van der Waals surface area contributed by atoms with Crippen LogP contribution < -0.4 is 4.74 Å². The Morgan fingerprint density at radius 3 is 2.88 bits per heavy atom. The van der Waals surface area contributed by atoms with Crippen molar-refractivity contribution in [1.29, 1.82) is 0 Å². The first-order valence-electron chi connectivity index (χ1n) is 4.83. The predicted molar refractivity (Wildman–Crippen MR) is 66.0 cm³/mol. The third-order valence-electron chi connectivity index (χ3n) is 2.18. The van der Waals surface area contributed by atoms with Gasteiger partial charge in [0, 0.05) is 5.56 Å². The van der Waals surface area contributed by atoms with Crippen LogP contribution in [0.25, 0.3) is 0 Å².